The van der Waals surface area contributed by atoms with Crippen molar-refractivity contribution >= 4 is 0 Å². The van der Waals surface area contributed by atoms with Crippen LogP contribution in [-0.4, -0.2) is 36.2 Å². The zero-order chi connectivity index (χ0) is 14.0. The Bertz CT molecular complexity index is 436. The second-order valence-corrected chi connectivity index (χ2v) is 6.27. The van der Waals surface area contributed by atoms with Gasteiger partial charge < -0.3 is 10.4 Å². The second-order valence-electron chi connectivity index (χ2n) is 6.27. The van der Waals surface area contributed by atoms with E-state index in [0.717, 1.165) is 31.7 Å². The van der Waals surface area contributed by atoms with Crippen LogP contribution in [0.25, 0.3) is 0 Å². The molecule has 1 aliphatic heterocycles. The quantitative estimate of drug-likeness (QED) is 0.863. The summed E-state index contributed by atoms with van der Waals surface area (Å²) in [4.78, 5) is 2.39. The van der Waals surface area contributed by atoms with E-state index in [4.69, 9.17) is 0 Å². The van der Waals surface area contributed by atoms with Gasteiger partial charge in [-0.05, 0) is 23.1 Å². The normalized spacial score (nSPS) is 19.4. The minimum absolute atomic E-state index is 0.0146. The first-order chi connectivity index (χ1) is 8.89. The van der Waals surface area contributed by atoms with Gasteiger partial charge >= 0.3 is 0 Å². The summed E-state index contributed by atoms with van der Waals surface area (Å²) in [5.74, 6) is -0.821. The summed E-state index contributed by atoms with van der Waals surface area (Å²) in [7, 11) is 0. The Kier molecular flexibility index (Phi) is 4.11. The Morgan fingerprint density at radius 2 is 1.89 bits per heavy atom. The third kappa shape index (κ3) is 3.25. The molecule has 3 nitrogen and oxygen atoms in total. The van der Waals surface area contributed by atoms with Crippen molar-refractivity contribution in [1.29, 1.82) is 0 Å². The molecular weight excluding hydrogens is 243 g/mol. The van der Waals surface area contributed by atoms with E-state index in [1.165, 1.54) is 12.1 Å². The molecule has 0 bridgehead atoms. The van der Waals surface area contributed by atoms with Gasteiger partial charge in [0, 0.05) is 32.2 Å². The summed E-state index contributed by atoms with van der Waals surface area (Å²) in [5.41, 5.74) is 0.950. The second kappa shape index (κ2) is 5.47. The van der Waals surface area contributed by atoms with Crippen molar-refractivity contribution < 1.29 is 9.50 Å². The van der Waals surface area contributed by atoms with Crippen LogP contribution < -0.4 is 5.32 Å². The number of piperazine rings is 1. The van der Waals surface area contributed by atoms with E-state index in [9.17, 15) is 9.50 Å². The lowest BCUT2D eigenvalue weighted by atomic mass is 9.81. The highest BCUT2D eigenvalue weighted by Gasteiger charge is 2.32. The fourth-order valence-electron chi connectivity index (χ4n) is 2.89. The van der Waals surface area contributed by atoms with Gasteiger partial charge in [-0.2, -0.15) is 0 Å². The summed E-state index contributed by atoms with van der Waals surface area (Å²) in [5, 5.41) is 12.7. The third-order valence-corrected chi connectivity index (χ3v) is 3.62. The molecule has 0 amide bonds. The highest BCUT2D eigenvalue weighted by molar-refractivity contribution is 5.31. The number of nitrogens with zero attached hydrogens (tertiary/aromatic N) is 1. The van der Waals surface area contributed by atoms with Crippen molar-refractivity contribution in [2.75, 3.05) is 26.2 Å². The third-order valence-electron chi connectivity index (χ3n) is 3.62. The lowest BCUT2D eigenvalue weighted by Crippen LogP contribution is -2.48. The van der Waals surface area contributed by atoms with Crippen LogP contribution in [0.4, 0.5) is 4.39 Å². The topological polar surface area (TPSA) is 35.5 Å². The van der Waals surface area contributed by atoms with Crippen LogP contribution >= 0.6 is 0 Å². The van der Waals surface area contributed by atoms with E-state index in [0.29, 0.717) is 0 Å². The van der Waals surface area contributed by atoms with E-state index in [1.54, 1.807) is 0 Å². The van der Waals surface area contributed by atoms with Crippen molar-refractivity contribution in [3.8, 4) is 5.75 Å². The molecule has 1 fully saturated rings. The number of nitrogens with one attached hydrogen (secondary N) is 1. The van der Waals surface area contributed by atoms with Gasteiger partial charge in [0.25, 0.3) is 0 Å². The standard InChI is InChI=1S/C15H23FN2O/c1-15(2,3)14(18-8-6-17-7-9-18)11-4-5-13(19)12(16)10-11/h4-5,10,14,17,19H,6-9H2,1-3H3/t14-/m1/s1. The van der Waals surface area contributed by atoms with Crippen LogP contribution in [0.2, 0.25) is 0 Å². The fourth-order valence-corrected chi connectivity index (χ4v) is 2.89. The van der Waals surface area contributed by atoms with Crippen molar-refractivity contribution in [3.05, 3.63) is 29.6 Å². The van der Waals surface area contributed by atoms with Crippen LogP contribution in [0.15, 0.2) is 18.2 Å². The minimum Gasteiger partial charge on any atom is -0.505 e. The van der Waals surface area contributed by atoms with Gasteiger partial charge in [-0.15, -0.1) is 0 Å². The predicted octanol–water partition coefficient (Wildman–Crippen LogP) is 2.52. The molecule has 1 saturated heterocycles. The van der Waals surface area contributed by atoms with Crippen LogP contribution in [0, 0.1) is 11.2 Å². The van der Waals surface area contributed by atoms with Gasteiger partial charge in [-0.25, -0.2) is 4.39 Å². The molecule has 0 saturated carbocycles. The molecule has 19 heavy (non-hydrogen) atoms. The van der Waals surface area contributed by atoms with Crippen molar-refractivity contribution in [2.24, 2.45) is 5.41 Å². The monoisotopic (exact) mass is 266 g/mol. The zero-order valence-electron chi connectivity index (χ0n) is 11.9. The number of benzene rings is 1. The van der Waals surface area contributed by atoms with Gasteiger partial charge in [-0.3, -0.25) is 4.90 Å². The van der Waals surface area contributed by atoms with Gasteiger partial charge in [0.2, 0.25) is 0 Å². The van der Waals surface area contributed by atoms with E-state index in [1.807, 2.05) is 6.07 Å². The first-order valence-electron chi connectivity index (χ1n) is 6.83. The largest absolute Gasteiger partial charge is 0.505 e. The Morgan fingerprint density at radius 1 is 1.26 bits per heavy atom. The summed E-state index contributed by atoms with van der Waals surface area (Å²) in [6.45, 7) is 10.4. The summed E-state index contributed by atoms with van der Waals surface area (Å²) >= 11 is 0. The number of hydrogen-bond donors (Lipinski definition) is 2. The number of hydrogen-bond acceptors (Lipinski definition) is 3. The molecule has 1 aromatic carbocycles. The first-order valence-corrected chi connectivity index (χ1v) is 6.83. The Labute approximate surface area is 114 Å². The maximum Gasteiger partial charge on any atom is 0.165 e. The average Bonchev–Trinajstić information content (AvgIpc) is 2.34. The fraction of sp³-hybridized carbons (Fsp3) is 0.600. The van der Waals surface area contributed by atoms with Crippen LogP contribution in [0.5, 0.6) is 5.75 Å². The van der Waals surface area contributed by atoms with E-state index >= 15 is 0 Å². The predicted molar refractivity (Wildman–Crippen MR) is 74.7 cm³/mol. The van der Waals surface area contributed by atoms with Gasteiger partial charge in [0.05, 0.1) is 0 Å². The molecule has 0 aromatic heterocycles. The number of phenols is 1. The molecule has 1 heterocycles. The number of phenolic OH excluding ortho intramolecular Hbond substituents is 1. The molecule has 1 atom stereocenters. The molecule has 0 unspecified atom stereocenters. The Morgan fingerprint density at radius 3 is 2.42 bits per heavy atom. The average molecular weight is 266 g/mol. The molecule has 0 radical (unpaired) electrons. The maximum atomic E-state index is 13.6. The van der Waals surface area contributed by atoms with E-state index in [2.05, 4.69) is 31.0 Å². The molecular formula is C15H23FN2O. The zero-order valence-corrected chi connectivity index (χ0v) is 11.9. The van der Waals surface area contributed by atoms with Crippen molar-refractivity contribution in [1.82, 2.24) is 10.2 Å². The van der Waals surface area contributed by atoms with Gasteiger partial charge in [-0.1, -0.05) is 26.8 Å². The van der Waals surface area contributed by atoms with Gasteiger partial charge in [0.15, 0.2) is 11.6 Å². The van der Waals surface area contributed by atoms with E-state index < -0.39 is 5.82 Å². The molecule has 1 aromatic rings. The van der Waals surface area contributed by atoms with Gasteiger partial charge in [0.1, 0.15) is 0 Å². The van der Waals surface area contributed by atoms with Crippen molar-refractivity contribution in [3.63, 3.8) is 0 Å². The van der Waals surface area contributed by atoms with Crippen LogP contribution in [0.3, 0.4) is 0 Å². The van der Waals surface area contributed by atoms with E-state index in [-0.39, 0.29) is 17.2 Å². The number of halogens is 1. The highest BCUT2D eigenvalue weighted by atomic mass is 19.1. The Hall–Kier alpha value is -1.13. The summed E-state index contributed by atoms with van der Waals surface area (Å²) < 4.78 is 13.6. The molecule has 1 aliphatic rings. The first kappa shape index (κ1) is 14.3. The molecule has 2 rings (SSSR count). The maximum absolute atomic E-state index is 13.6. The Balaban J connectivity index is 2.33. The SMILES string of the molecule is CC(C)(C)[C@@H](c1ccc(O)c(F)c1)N1CCNCC1. The van der Waals surface area contributed by atoms with Crippen molar-refractivity contribution in [2.45, 2.75) is 26.8 Å². The van der Waals surface area contributed by atoms with Crippen LogP contribution in [-0.2, 0) is 0 Å². The minimum atomic E-state index is -0.540. The molecule has 0 aliphatic carbocycles. The number of rotatable bonds is 2. The molecule has 2 N–H and O–H groups in total. The number of aromatic hydroxyl groups is 1. The molecule has 106 valence electrons. The lowest BCUT2D eigenvalue weighted by Gasteiger charge is -2.42. The smallest absolute Gasteiger partial charge is 0.165 e. The molecule has 4 heteroatoms. The molecule has 0 spiro atoms. The summed E-state index contributed by atoms with van der Waals surface area (Å²) in [6, 6.07) is 4.90. The summed E-state index contributed by atoms with van der Waals surface area (Å²) in [6.07, 6.45) is 0. The lowest BCUT2D eigenvalue weighted by molar-refractivity contribution is 0.0859. The highest BCUT2D eigenvalue weighted by Crippen LogP contribution is 2.39. The van der Waals surface area contributed by atoms with Crippen LogP contribution in [0.1, 0.15) is 32.4 Å².